The first-order valence-electron chi connectivity index (χ1n) is 10.0. The second-order valence-electron chi connectivity index (χ2n) is 7.43. The third-order valence-electron chi connectivity index (χ3n) is 5.47. The highest BCUT2D eigenvalue weighted by molar-refractivity contribution is 5.97. The number of rotatable bonds is 7. The van der Waals surface area contributed by atoms with Crippen molar-refractivity contribution in [2.45, 2.75) is 25.9 Å². The van der Waals surface area contributed by atoms with Gasteiger partial charge in [-0.2, -0.15) is 0 Å². The van der Waals surface area contributed by atoms with Crippen molar-refractivity contribution >= 4 is 11.9 Å². The van der Waals surface area contributed by atoms with E-state index in [0.717, 1.165) is 6.20 Å². The van der Waals surface area contributed by atoms with Crippen LogP contribution in [0.25, 0.3) is 0 Å². The van der Waals surface area contributed by atoms with Crippen molar-refractivity contribution in [3.8, 4) is 5.75 Å². The average molecular weight is 445 g/mol. The molecule has 0 atom stereocenters. The minimum absolute atomic E-state index is 0.0304. The van der Waals surface area contributed by atoms with Gasteiger partial charge in [0.25, 0.3) is 12.3 Å². The minimum Gasteiger partial charge on any atom is -0.494 e. The highest BCUT2D eigenvalue weighted by Crippen LogP contribution is 2.32. The molecule has 168 valence electrons. The molecule has 0 aliphatic carbocycles. The lowest BCUT2D eigenvalue weighted by Gasteiger charge is -2.30. The minimum atomic E-state index is -2.70. The molecule has 1 aliphatic rings. The predicted molar refractivity (Wildman–Crippen MR) is 111 cm³/mol. The Morgan fingerprint density at radius 3 is 2.75 bits per heavy atom. The number of pyridine rings is 1. The number of carbonyl (C=O) groups excluding carboxylic acids is 1. The summed E-state index contributed by atoms with van der Waals surface area (Å²) in [6, 6.07) is 4.55. The number of alkyl halides is 2. The maximum atomic E-state index is 13.8. The monoisotopic (exact) mass is 445 g/mol. The van der Waals surface area contributed by atoms with E-state index in [1.807, 2.05) is 0 Å². The highest BCUT2D eigenvalue weighted by Gasteiger charge is 2.29. The maximum absolute atomic E-state index is 13.8. The number of anilines is 1. The second-order valence-corrected chi connectivity index (χ2v) is 7.43. The summed E-state index contributed by atoms with van der Waals surface area (Å²) in [5, 5.41) is 2.94. The van der Waals surface area contributed by atoms with Gasteiger partial charge in [-0.25, -0.2) is 18.2 Å². The fourth-order valence-corrected chi connectivity index (χ4v) is 3.94. The quantitative estimate of drug-likeness (QED) is 0.601. The highest BCUT2D eigenvalue weighted by atomic mass is 19.3. The molecule has 0 saturated heterocycles. The fourth-order valence-electron chi connectivity index (χ4n) is 3.94. The van der Waals surface area contributed by atoms with Crippen molar-refractivity contribution < 1.29 is 22.7 Å². The molecule has 3 heterocycles. The molecule has 0 radical (unpaired) electrons. The summed E-state index contributed by atoms with van der Waals surface area (Å²) >= 11 is 0. The number of benzene rings is 1. The smallest absolute Gasteiger partial charge is 0.264 e. The van der Waals surface area contributed by atoms with E-state index in [4.69, 9.17) is 4.74 Å². The number of hydrogen-bond donors (Lipinski definition) is 1. The van der Waals surface area contributed by atoms with Gasteiger partial charge in [0.1, 0.15) is 0 Å². The first-order valence-corrected chi connectivity index (χ1v) is 10.0. The number of aromatic nitrogens is 3. The summed E-state index contributed by atoms with van der Waals surface area (Å²) in [4.78, 5) is 22.9. The van der Waals surface area contributed by atoms with Gasteiger partial charge in [0.15, 0.2) is 11.6 Å². The molecule has 1 N–H and O–H groups in total. The van der Waals surface area contributed by atoms with Gasteiger partial charge < -0.3 is 19.5 Å². The molecule has 7 nitrogen and oxygen atoms in total. The van der Waals surface area contributed by atoms with Crippen LogP contribution in [0.5, 0.6) is 5.75 Å². The van der Waals surface area contributed by atoms with Crippen molar-refractivity contribution in [2.24, 2.45) is 0 Å². The molecule has 1 amide bonds. The van der Waals surface area contributed by atoms with Gasteiger partial charge in [0, 0.05) is 43.2 Å². The summed E-state index contributed by atoms with van der Waals surface area (Å²) < 4.78 is 48.1. The standard InChI is InChI=1S/C22H22F3N5O2/c1-26-22-27-4-6-30(22)11-13-7-16(20(24)25)15-3-5-29(21(31)17(15)8-13)12-14-9-19(32-2)18(23)10-28-14/h4,6-10,20H,3,5,11-12H2,1-2H3,(H,26,27). The van der Waals surface area contributed by atoms with E-state index in [1.54, 1.807) is 30.1 Å². The molecule has 1 aromatic carbocycles. The fraction of sp³-hybridized carbons (Fsp3) is 0.318. The first kappa shape index (κ1) is 21.7. The lowest BCUT2D eigenvalue weighted by molar-refractivity contribution is 0.0721. The van der Waals surface area contributed by atoms with Crippen LogP contribution >= 0.6 is 0 Å². The number of carbonyl (C=O) groups is 1. The second kappa shape index (κ2) is 8.89. The molecule has 0 unspecified atom stereocenters. The molecule has 2 aromatic heterocycles. The molecule has 4 rings (SSSR count). The van der Waals surface area contributed by atoms with E-state index in [-0.39, 0.29) is 42.4 Å². The number of halogens is 3. The Morgan fingerprint density at radius 2 is 2.03 bits per heavy atom. The van der Waals surface area contributed by atoms with Gasteiger partial charge in [0.05, 0.1) is 32.1 Å². The largest absolute Gasteiger partial charge is 0.494 e. The van der Waals surface area contributed by atoms with Crippen LogP contribution in [0.1, 0.15) is 39.2 Å². The summed E-state index contributed by atoms with van der Waals surface area (Å²) in [6.07, 6.45) is 1.97. The Labute approximate surface area is 182 Å². The van der Waals surface area contributed by atoms with Crippen LogP contribution < -0.4 is 10.1 Å². The molecule has 0 bridgehead atoms. The van der Waals surface area contributed by atoms with Crippen LogP contribution in [0.15, 0.2) is 36.8 Å². The number of nitrogens with zero attached hydrogens (tertiary/aromatic N) is 4. The van der Waals surface area contributed by atoms with E-state index >= 15 is 0 Å². The molecule has 0 fully saturated rings. The van der Waals surface area contributed by atoms with Crippen molar-refractivity contribution in [2.75, 3.05) is 26.0 Å². The Bertz CT molecular complexity index is 1150. The summed E-state index contributed by atoms with van der Waals surface area (Å²) in [5.74, 6) is -0.341. The number of imidazole rings is 1. The number of ether oxygens (including phenoxy) is 1. The van der Waals surface area contributed by atoms with Crippen LogP contribution in [0.3, 0.4) is 0 Å². The summed E-state index contributed by atoms with van der Waals surface area (Å²) in [7, 11) is 3.06. The normalized spacial score (nSPS) is 13.4. The zero-order valence-corrected chi connectivity index (χ0v) is 17.6. The van der Waals surface area contributed by atoms with Gasteiger partial charge in [-0.3, -0.25) is 9.78 Å². The lowest BCUT2D eigenvalue weighted by atomic mass is 9.91. The van der Waals surface area contributed by atoms with E-state index in [9.17, 15) is 18.0 Å². The first-order chi connectivity index (χ1) is 15.4. The molecule has 0 spiro atoms. The van der Waals surface area contributed by atoms with Crippen LogP contribution in [0.4, 0.5) is 19.1 Å². The molecule has 3 aromatic rings. The Balaban J connectivity index is 1.65. The Morgan fingerprint density at radius 1 is 1.22 bits per heavy atom. The molecular weight excluding hydrogens is 423 g/mol. The van der Waals surface area contributed by atoms with Gasteiger partial charge in [-0.05, 0) is 29.7 Å². The average Bonchev–Trinajstić information content (AvgIpc) is 3.23. The van der Waals surface area contributed by atoms with Crippen molar-refractivity contribution in [1.29, 1.82) is 0 Å². The molecular formula is C22H22F3N5O2. The van der Waals surface area contributed by atoms with Gasteiger partial charge >= 0.3 is 0 Å². The maximum Gasteiger partial charge on any atom is 0.264 e. The molecule has 32 heavy (non-hydrogen) atoms. The van der Waals surface area contributed by atoms with E-state index in [0.29, 0.717) is 29.2 Å². The molecule has 10 heteroatoms. The van der Waals surface area contributed by atoms with Crippen LogP contribution in [-0.4, -0.2) is 46.0 Å². The zero-order chi connectivity index (χ0) is 22.8. The third-order valence-corrected chi connectivity index (χ3v) is 5.47. The number of fused-ring (bicyclic) bond motifs is 1. The molecule has 0 saturated carbocycles. The Hall–Kier alpha value is -3.56. The third kappa shape index (κ3) is 4.12. The zero-order valence-electron chi connectivity index (χ0n) is 17.6. The van der Waals surface area contributed by atoms with Crippen molar-refractivity contribution in [1.82, 2.24) is 19.4 Å². The molecule has 1 aliphatic heterocycles. The van der Waals surface area contributed by atoms with Gasteiger partial charge in [-0.1, -0.05) is 0 Å². The predicted octanol–water partition coefficient (Wildman–Crippen LogP) is 3.65. The van der Waals surface area contributed by atoms with Crippen molar-refractivity contribution in [3.63, 3.8) is 0 Å². The van der Waals surface area contributed by atoms with E-state index in [1.165, 1.54) is 24.1 Å². The SMILES string of the molecule is CNc1nccn1Cc1cc2c(c(C(F)F)c1)CCN(Cc1cc(OC)c(F)cn1)C2=O. The van der Waals surface area contributed by atoms with E-state index < -0.39 is 12.2 Å². The topological polar surface area (TPSA) is 72.3 Å². The van der Waals surface area contributed by atoms with Gasteiger partial charge in [-0.15, -0.1) is 0 Å². The number of amides is 1. The van der Waals surface area contributed by atoms with Crippen LogP contribution in [-0.2, 0) is 19.5 Å². The Kier molecular flexibility index (Phi) is 6.02. The summed E-state index contributed by atoms with van der Waals surface area (Å²) in [6.45, 7) is 0.666. The number of nitrogens with one attached hydrogen (secondary N) is 1. The lowest BCUT2D eigenvalue weighted by Crippen LogP contribution is -2.38. The van der Waals surface area contributed by atoms with E-state index in [2.05, 4.69) is 15.3 Å². The number of methoxy groups -OCH3 is 1. The summed E-state index contributed by atoms with van der Waals surface area (Å²) in [5.41, 5.74) is 1.52. The van der Waals surface area contributed by atoms with Crippen LogP contribution in [0.2, 0.25) is 0 Å². The number of hydrogen-bond acceptors (Lipinski definition) is 5. The van der Waals surface area contributed by atoms with Crippen LogP contribution in [0, 0.1) is 5.82 Å². The van der Waals surface area contributed by atoms with Crippen molar-refractivity contribution in [3.05, 3.63) is 70.6 Å². The van der Waals surface area contributed by atoms with Gasteiger partial charge in [0.2, 0.25) is 5.95 Å².